The molecule has 0 saturated carbocycles. The lowest BCUT2D eigenvalue weighted by molar-refractivity contribution is 0.600. The fourth-order valence-electron chi connectivity index (χ4n) is 2.31. The van der Waals surface area contributed by atoms with Crippen LogP contribution in [-0.2, 0) is 13.6 Å². The molecule has 0 unspecified atom stereocenters. The minimum Gasteiger partial charge on any atom is -0.384 e. The third kappa shape index (κ3) is 3.47. The van der Waals surface area contributed by atoms with Crippen molar-refractivity contribution in [1.82, 2.24) is 14.1 Å². The smallest absolute Gasteiger partial charge is 0.332 e. The van der Waals surface area contributed by atoms with Crippen molar-refractivity contribution in [3.8, 4) is 11.3 Å². The lowest BCUT2D eigenvalue weighted by Crippen LogP contribution is -2.40. The summed E-state index contributed by atoms with van der Waals surface area (Å²) < 4.78 is 2.52. The van der Waals surface area contributed by atoms with Crippen LogP contribution in [0.25, 0.3) is 11.3 Å². The van der Waals surface area contributed by atoms with E-state index in [0.29, 0.717) is 17.8 Å². The van der Waals surface area contributed by atoms with Crippen LogP contribution in [0.15, 0.2) is 15.0 Å². The number of rotatable bonds is 7. The minimum absolute atomic E-state index is 0.186. The third-order valence-electron chi connectivity index (χ3n) is 3.60. The number of nitrogens with one attached hydrogen (secondary N) is 1. The van der Waals surface area contributed by atoms with Crippen LogP contribution in [0.1, 0.15) is 33.1 Å². The second-order valence-corrected chi connectivity index (χ2v) is 6.23. The van der Waals surface area contributed by atoms with Gasteiger partial charge in [-0.2, -0.15) is 0 Å². The van der Waals surface area contributed by atoms with Gasteiger partial charge >= 0.3 is 5.69 Å². The maximum absolute atomic E-state index is 12.5. The Morgan fingerprint density at radius 1 is 1.30 bits per heavy atom. The van der Waals surface area contributed by atoms with Crippen molar-refractivity contribution in [2.24, 2.45) is 7.05 Å². The zero-order valence-electron chi connectivity index (χ0n) is 13.8. The predicted octanol–water partition coefficient (Wildman–Crippen LogP) is 1.87. The molecular weight excluding hydrogens is 314 g/mol. The van der Waals surface area contributed by atoms with Crippen molar-refractivity contribution in [2.75, 3.05) is 17.6 Å². The van der Waals surface area contributed by atoms with Gasteiger partial charge in [-0.25, -0.2) is 9.78 Å². The number of hydrogen-bond donors (Lipinski definition) is 2. The number of thiazole rings is 1. The van der Waals surface area contributed by atoms with Gasteiger partial charge in [0, 0.05) is 25.5 Å². The standard InChI is InChI=1S/C15H23N5O2S/c1-4-6-7-17-14-18-10(9-23-14)11-12(16)20(8-5-2)15(22)19(3)13(11)21/h9H,4-8,16H2,1-3H3,(H,17,18). The van der Waals surface area contributed by atoms with Gasteiger partial charge in [-0.3, -0.25) is 13.9 Å². The van der Waals surface area contributed by atoms with Crippen LogP contribution < -0.4 is 22.3 Å². The molecule has 7 nitrogen and oxygen atoms in total. The molecule has 23 heavy (non-hydrogen) atoms. The highest BCUT2D eigenvalue weighted by molar-refractivity contribution is 7.14. The van der Waals surface area contributed by atoms with Gasteiger partial charge in [0.15, 0.2) is 5.13 Å². The van der Waals surface area contributed by atoms with E-state index in [1.165, 1.54) is 23.0 Å². The normalized spacial score (nSPS) is 10.9. The molecular formula is C15H23N5O2S. The van der Waals surface area contributed by atoms with E-state index >= 15 is 0 Å². The Balaban J connectivity index is 2.47. The maximum Gasteiger partial charge on any atom is 0.332 e. The molecule has 8 heteroatoms. The molecule has 3 N–H and O–H groups in total. The summed E-state index contributed by atoms with van der Waals surface area (Å²) in [6, 6.07) is 0. The summed E-state index contributed by atoms with van der Waals surface area (Å²) in [5.74, 6) is 0.186. The van der Waals surface area contributed by atoms with Crippen molar-refractivity contribution >= 4 is 22.3 Å². The zero-order chi connectivity index (χ0) is 17.0. The third-order valence-corrected chi connectivity index (χ3v) is 4.40. The van der Waals surface area contributed by atoms with E-state index in [-0.39, 0.29) is 5.82 Å². The van der Waals surface area contributed by atoms with Gasteiger partial charge in [0.1, 0.15) is 11.4 Å². The zero-order valence-corrected chi connectivity index (χ0v) is 14.6. The van der Waals surface area contributed by atoms with Crippen LogP contribution in [0.4, 0.5) is 10.9 Å². The largest absolute Gasteiger partial charge is 0.384 e. The van der Waals surface area contributed by atoms with Gasteiger partial charge in [0.2, 0.25) is 0 Å². The van der Waals surface area contributed by atoms with Crippen LogP contribution in [0.2, 0.25) is 0 Å². The number of anilines is 2. The molecule has 0 aromatic carbocycles. The highest BCUT2D eigenvalue weighted by Crippen LogP contribution is 2.26. The molecule has 0 atom stereocenters. The topological polar surface area (TPSA) is 94.9 Å². The minimum atomic E-state index is -0.412. The molecule has 2 aromatic rings. The van der Waals surface area contributed by atoms with Crippen molar-refractivity contribution in [2.45, 2.75) is 39.7 Å². The fourth-order valence-corrected chi connectivity index (χ4v) is 3.04. The number of aromatic nitrogens is 3. The predicted molar refractivity (Wildman–Crippen MR) is 95.2 cm³/mol. The monoisotopic (exact) mass is 337 g/mol. The van der Waals surface area contributed by atoms with Gasteiger partial charge in [0.25, 0.3) is 5.56 Å². The summed E-state index contributed by atoms with van der Waals surface area (Å²) >= 11 is 1.43. The van der Waals surface area contributed by atoms with E-state index in [1.54, 1.807) is 5.38 Å². The molecule has 0 amide bonds. The number of nitrogen functional groups attached to an aromatic ring is 1. The Bertz CT molecular complexity index is 790. The Morgan fingerprint density at radius 2 is 2.04 bits per heavy atom. The van der Waals surface area contributed by atoms with Crippen LogP contribution in [0.3, 0.4) is 0 Å². The first kappa shape index (κ1) is 17.3. The van der Waals surface area contributed by atoms with Crippen LogP contribution in [-0.4, -0.2) is 20.7 Å². The van der Waals surface area contributed by atoms with E-state index in [4.69, 9.17) is 5.73 Å². The summed E-state index contributed by atoms with van der Waals surface area (Å²) in [5, 5.41) is 5.78. The molecule has 0 radical (unpaired) electrons. The molecule has 0 fully saturated rings. The van der Waals surface area contributed by atoms with Crippen LogP contribution in [0, 0.1) is 0 Å². The number of nitrogens with zero attached hydrogens (tertiary/aromatic N) is 3. The van der Waals surface area contributed by atoms with E-state index in [1.807, 2.05) is 6.92 Å². The summed E-state index contributed by atoms with van der Waals surface area (Å²) in [4.78, 5) is 29.1. The van der Waals surface area contributed by atoms with Gasteiger partial charge in [-0.05, 0) is 12.8 Å². The first-order valence-electron chi connectivity index (χ1n) is 7.80. The summed E-state index contributed by atoms with van der Waals surface area (Å²) in [6.07, 6.45) is 2.91. The lowest BCUT2D eigenvalue weighted by Gasteiger charge is -2.13. The average molecular weight is 337 g/mol. The fraction of sp³-hybridized carbons (Fsp3) is 0.533. The Hall–Kier alpha value is -2.09. The van der Waals surface area contributed by atoms with E-state index in [9.17, 15) is 9.59 Å². The summed E-state index contributed by atoms with van der Waals surface area (Å²) in [6.45, 7) is 5.38. The number of unbranched alkanes of at least 4 members (excludes halogenated alkanes) is 1. The molecule has 126 valence electrons. The Kier molecular flexibility index (Phi) is 5.59. The van der Waals surface area contributed by atoms with Crippen LogP contribution >= 0.6 is 11.3 Å². The lowest BCUT2D eigenvalue weighted by atomic mass is 10.2. The quantitative estimate of drug-likeness (QED) is 0.752. The summed E-state index contributed by atoms with van der Waals surface area (Å²) in [7, 11) is 1.46. The van der Waals surface area contributed by atoms with Gasteiger partial charge in [-0.1, -0.05) is 20.3 Å². The van der Waals surface area contributed by atoms with Gasteiger partial charge in [0.05, 0.1) is 5.69 Å². The van der Waals surface area contributed by atoms with E-state index in [2.05, 4.69) is 17.2 Å². The van der Waals surface area contributed by atoms with Gasteiger partial charge < -0.3 is 11.1 Å². The highest BCUT2D eigenvalue weighted by atomic mass is 32.1. The SMILES string of the molecule is CCCCNc1nc(-c2c(N)n(CCC)c(=O)n(C)c2=O)cs1. The molecule has 2 rings (SSSR count). The number of nitrogens with two attached hydrogens (primary N) is 1. The van der Waals surface area contributed by atoms with Crippen LogP contribution in [0.5, 0.6) is 0 Å². The molecule has 0 aliphatic rings. The molecule has 0 saturated heterocycles. The Labute approximate surface area is 138 Å². The molecule has 2 heterocycles. The average Bonchev–Trinajstić information content (AvgIpc) is 2.98. The summed E-state index contributed by atoms with van der Waals surface area (Å²) in [5.41, 5.74) is 6.09. The molecule has 2 aromatic heterocycles. The first-order valence-corrected chi connectivity index (χ1v) is 8.68. The molecule has 0 aliphatic carbocycles. The number of hydrogen-bond acceptors (Lipinski definition) is 6. The van der Waals surface area contributed by atoms with Gasteiger partial charge in [-0.15, -0.1) is 11.3 Å². The second-order valence-electron chi connectivity index (χ2n) is 5.38. The van der Waals surface area contributed by atoms with E-state index in [0.717, 1.165) is 35.5 Å². The molecule has 0 spiro atoms. The van der Waals surface area contributed by atoms with E-state index < -0.39 is 11.2 Å². The molecule has 0 bridgehead atoms. The van der Waals surface area contributed by atoms with Crippen molar-refractivity contribution < 1.29 is 0 Å². The molecule has 0 aliphatic heterocycles. The maximum atomic E-state index is 12.5. The van der Waals surface area contributed by atoms with Crippen molar-refractivity contribution in [1.29, 1.82) is 0 Å². The highest BCUT2D eigenvalue weighted by Gasteiger charge is 2.18. The van der Waals surface area contributed by atoms with Crippen molar-refractivity contribution in [3.05, 3.63) is 26.2 Å². The van der Waals surface area contributed by atoms with Crippen molar-refractivity contribution in [3.63, 3.8) is 0 Å². The first-order chi connectivity index (χ1) is 11.0. The second kappa shape index (κ2) is 7.45. The Morgan fingerprint density at radius 3 is 2.70 bits per heavy atom.